The Labute approximate surface area is 131 Å². The Morgan fingerprint density at radius 3 is 2.50 bits per heavy atom. The zero-order valence-corrected chi connectivity index (χ0v) is 12.7. The van der Waals surface area contributed by atoms with Crippen LogP contribution in [0.15, 0.2) is 47.8 Å². The van der Waals surface area contributed by atoms with Crippen molar-refractivity contribution in [3.63, 3.8) is 0 Å². The summed E-state index contributed by atoms with van der Waals surface area (Å²) in [7, 11) is 0. The number of thiazole rings is 1. The first kappa shape index (κ1) is 14.3. The normalized spacial score (nSPS) is 10.6. The van der Waals surface area contributed by atoms with Crippen LogP contribution in [0.25, 0.3) is 21.8 Å². The average molecular weight is 310 g/mol. The van der Waals surface area contributed by atoms with Gasteiger partial charge in [0, 0.05) is 16.5 Å². The van der Waals surface area contributed by atoms with Gasteiger partial charge >= 0.3 is 0 Å². The second-order valence-corrected chi connectivity index (χ2v) is 5.86. The fourth-order valence-corrected chi connectivity index (χ4v) is 2.96. The zero-order valence-electron chi connectivity index (χ0n) is 11.9. The molecule has 3 N–H and O–H groups in total. The molecule has 4 nitrogen and oxygen atoms in total. The third-order valence-corrected chi connectivity index (χ3v) is 4.25. The Hall–Kier alpha value is -2.66. The van der Waals surface area contributed by atoms with Crippen LogP contribution in [0.2, 0.25) is 0 Å². The lowest BCUT2D eigenvalue weighted by atomic mass is 10.1. The number of rotatable bonds is 3. The van der Waals surface area contributed by atoms with E-state index in [9.17, 15) is 9.90 Å². The van der Waals surface area contributed by atoms with Crippen LogP contribution in [-0.2, 0) is 0 Å². The van der Waals surface area contributed by atoms with Crippen molar-refractivity contribution in [1.29, 1.82) is 0 Å². The van der Waals surface area contributed by atoms with Crippen LogP contribution in [0, 0.1) is 6.92 Å². The van der Waals surface area contributed by atoms with E-state index < -0.39 is 5.91 Å². The van der Waals surface area contributed by atoms with Crippen molar-refractivity contribution in [2.45, 2.75) is 6.92 Å². The molecule has 0 aliphatic rings. The molecule has 0 unspecified atom stereocenters. The molecule has 0 fully saturated rings. The molecule has 110 valence electrons. The summed E-state index contributed by atoms with van der Waals surface area (Å²) in [5, 5.41) is 12.5. The van der Waals surface area contributed by atoms with Gasteiger partial charge < -0.3 is 10.8 Å². The van der Waals surface area contributed by atoms with E-state index >= 15 is 0 Å². The number of primary amides is 1. The van der Waals surface area contributed by atoms with Gasteiger partial charge in [0.1, 0.15) is 10.8 Å². The second-order valence-electron chi connectivity index (χ2n) is 5.00. The maximum absolute atomic E-state index is 11.3. The number of hydrogen-bond acceptors (Lipinski definition) is 4. The SMILES string of the molecule is Cc1ccc(-c2nc(-c3ccc(O)c(C(N)=O)c3)cs2)cc1. The molecule has 3 rings (SSSR count). The van der Waals surface area contributed by atoms with Crippen LogP contribution in [0.4, 0.5) is 0 Å². The summed E-state index contributed by atoms with van der Waals surface area (Å²) in [6.07, 6.45) is 0. The summed E-state index contributed by atoms with van der Waals surface area (Å²) < 4.78 is 0. The Balaban J connectivity index is 1.99. The highest BCUT2D eigenvalue weighted by molar-refractivity contribution is 7.13. The highest BCUT2D eigenvalue weighted by atomic mass is 32.1. The summed E-state index contributed by atoms with van der Waals surface area (Å²) in [5.41, 5.74) is 9.11. The number of benzene rings is 2. The Morgan fingerprint density at radius 1 is 1.14 bits per heavy atom. The first-order valence-corrected chi connectivity index (χ1v) is 7.58. The van der Waals surface area contributed by atoms with Gasteiger partial charge in [-0.2, -0.15) is 0 Å². The summed E-state index contributed by atoms with van der Waals surface area (Å²) in [6, 6.07) is 12.9. The van der Waals surface area contributed by atoms with E-state index in [4.69, 9.17) is 5.73 Å². The minimum Gasteiger partial charge on any atom is -0.507 e. The number of phenols is 1. The summed E-state index contributed by atoms with van der Waals surface area (Å²) in [5.74, 6) is -0.779. The van der Waals surface area contributed by atoms with E-state index in [2.05, 4.69) is 4.98 Å². The van der Waals surface area contributed by atoms with Gasteiger partial charge in [0.2, 0.25) is 0 Å². The average Bonchev–Trinajstić information content (AvgIpc) is 2.98. The van der Waals surface area contributed by atoms with Gasteiger partial charge in [-0.25, -0.2) is 4.98 Å². The maximum atomic E-state index is 11.3. The lowest BCUT2D eigenvalue weighted by Crippen LogP contribution is -2.11. The number of carbonyl (C=O) groups is 1. The van der Waals surface area contributed by atoms with E-state index in [1.54, 1.807) is 12.1 Å². The first-order chi connectivity index (χ1) is 10.5. The van der Waals surface area contributed by atoms with Crippen molar-refractivity contribution in [1.82, 2.24) is 4.98 Å². The Kier molecular flexibility index (Phi) is 3.65. The number of nitrogens with two attached hydrogens (primary N) is 1. The number of aryl methyl sites for hydroxylation is 1. The van der Waals surface area contributed by atoms with Gasteiger partial charge in [-0.05, 0) is 25.1 Å². The van der Waals surface area contributed by atoms with E-state index in [1.807, 2.05) is 36.6 Å². The monoisotopic (exact) mass is 310 g/mol. The van der Waals surface area contributed by atoms with Gasteiger partial charge in [0.05, 0.1) is 11.3 Å². The van der Waals surface area contributed by atoms with Crippen molar-refractivity contribution in [2.24, 2.45) is 5.73 Å². The molecule has 0 spiro atoms. The smallest absolute Gasteiger partial charge is 0.252 e. The Morgan fingerprint density at radius 2 is 1.82 bits per heavy atom. The maximum Gasteiger partial charge on any atom is 0.252 e. The third kappa shape index (κ3) is 2.71. The molecular weight excluding hydrogens is 296 g/mol. The quantitative estimate of drug-likeness (QED) is 0.776. The molecular formula is C17H14N2O2S. The molecule has 5 heteroatoms. The van der Waals surface area contributed by atoms with Crippen LogP contribution in [0.3, 0.4) is 0 Å². The van der Waals surface area contributed by atoms with Crippen molar-refractivity contribution < 1.29 is 9.90 Å². The number of carbonyl (C=O) groups excluding carboxylic acids is 1. The molecule has 1 amide bonds. The summed E-state index contributed by atoms with van der Waals surface area (Å²) in [6.45, 7) is 2.04. The van der Waals surface area contributed by atoms with E-state index in [0.29, 0.717) is 0 Å². The molecule has 0 bridgehead atoms. The lowest BCUT2D eigenvalue weighted by Gasteiger charge is -2.03. The number of hydrogen-bond donors (Lipinski definition) is 2. The zero-order chi connectivity index (χ0) is 15.7. The van der Waals surface area contributed by atoms with Crippen LogP contribution in [-0.4, -0.2) is 16.0 Å². The van der Waals surface area contributed by atoms with Crippen LogP contribution in [0.5, 0.6) is 5.75 Å². The molecule has 0 radical (unpaired) electrons. The topological polar surface area (TPSA) is 76.2 Å². The number of nitrogens with zero attached hydrogens (tertiary/aromatic N) is 1. The van der Waals surface area contributed by atoms with Gasteiger partial charge in [-0.3, -0.25) is 4.79 Å². The van der Waals surface area contributed by atoms with Gasteiger partial charge in [0.25, 0.3) is 5.91 Å². The van der Waals surface area contributed by atoms with Crippen LogP contribution < -0.4 is 5.73 Å². The molecule has 0 atom stereocenters. The van der Waals surface area contributed by atoms with Gasteiger partial charge in [0.15, 0.2) is 0 Å². The Bertz CT molecular complexity index is 838. The van der Waals surface area contributed by atoms with Crippen molar-refractivity contribution >= 4 is 17.2 Å². The molecule has 0 saturated heterocycles. The van der Waals surface area contributed by atoms with Crippen LogP contribution in [0.1, 0.15) is 15.9 Å². The minimum atomic E-state index is -0.659. The lowest BCUT2D eigenvalue weighted by molar-refractivity contribution is 0.0998. The third-order valence-electron chi connectivity index (χ3n) is 3.36. The fourth-order valence-electron chi connectivity index (χ4n) is 2.13. The molecule has 1 heterocycles. The van der Waals surface area contributed by atoms with E-state index in [0.717, 1.165) is 21.8 Å². The predicted octanol–water partition coefficient (Wildman–Crippen LogP) is 3.59. The number of aromatic hydroxyl groups is 1. The van der Waals surface area contributed by atoms with Gasteiger partial charge in [-0.15, -0.1) is 11.3 Å². The van der Waals surface area contributed by atoms with Gasteiger partial charge in [-0.1, -0.05) is 29.8 Å². The summed E-state index contributed by atoms with van der Waals surface area (Å²) in [4.78, 5) is 15.9. The number of aromatic nitrogens is 1. The molecule has 2 aromatic carbocycles. The first-order valence-electron chi connectivity index (χ1n) is 6.70. The van der Waals surface area contributed by atoms with Crippen molar-refractivity contribution in [3.05, 3.63) is 59.0 Å². The highest BCUT2D eigenvalue weighted by Crippen LogP contribution is 2.31. The molecule has 22 heavy (non-hydrogen) atoms. The van der Waals surface area contributed by atoms with Crippen molar-refractivity contribution in [3.8, 4) is 27.6 Å². The fraction of sp³-hybridized carbons (Fsp3) is 0.0588. The molecule has 0 aliphatic carbocycles. The molecule has 0 saturated carbocycles. The number of amides is 1. The predicted molar refractivity (Wildman–Crippen MR) is 87.9 cm³/mol. The second kappa shape index (κ2) is 5.61. The van der Waals surface area contributed by atoms with E-state index in [1.165, 1.54) is 23.0 Å². The molecule has 3 aromatic rings. The molecule has 1 aromatic heterocycles. The minimum absolute atomic E-state index is 0.0994. The van der Waals surface area contributed by atoms with Crippen molar-refractivity contribution in [2.75, 3.05) is 0 Å². The largest absolute Gasteiger partial charge is 0.507 e. The van der Waals surface area contributed by atoms with Crippen LogP contribution >= 0.6 is 11.3 Å². The van der Waals surface area contributed by atoms with E-state index in [-0.39, 0.29) is 11.3 Å². The molecule has 0 aliphatic heterocycles. The summed E-state index contributed by atoms with van der Waals surface area (Å²) >= 11 is 1.53. The standard InChI is InChI=1S/C17H14N2O2S/c1-10-2-4-11(5-3-10)17-19-14(9-22-17)12-6-7-15(20)13(8-12)16(18)21/h2-9,20H,1H3,(H2,18,21). The highest BCUT2D eigenvalue weighted by Gasteiger charge is 2.12.